The Bertz CT molecular complexity index is 794. The molecule has 0 spiro atoms. The van der Waals surface area contributed by atoms with Gasteiger partial charge in [-0.2, -0.15) is 0 Å². The van der Waals surface area contributed by atoms with Crippen molar-refractivity contribution in [2.75, 3.05) is 46.2 Å². The highest BCUT2D eigenvalue weighted by atomic mass is 16.5. The second kappa shape index (κ2) is 19.1. The van der Waals surface area contributed by atoms with Gasteiger partial charge in [0.2, 0.25) is 5.91 Å². The van der Waals surface area contributed by atoms with Crippen molar-refractivity contribution in [2.24, 2.45) is 0 Å². The van der Waals surface area contributed by atoms with E-state index in [1.165, 1.54) is 0 Å². The first-order valence-electron chi connectivity index (χ1n) is 12.0. The molecule has 0 saturated heterocycles. The van der Waals surface area contributed by atoms with E-state index in [0.29, 0.717) is 6.42 Å². The van der Waals surface area contributed by atoms with Gasteiger partial charge in [0.1, 0.15) is 12.1 Å². The van der Waals surface area contributed by atoms with Crippen molar-refractivity contribution in [3.8, 4) is 0 Å². The molecule has 37 heavy (non-hydrogen) atoms. The molecule has 0 saturated carbocycles. The number of amides is 1. The van der Waals surface area contributed by atoms with Gasteiger partial charge in [0.25, 0.3) is 0 Å². The molecule has 0 radical (unpaired) electrons. The van der Waals surface area contributed by atoms with Gasteiger partial charge in [-0.3, -0.25) is 19.2 Å². The first-order chi connectivity index (χ1) is 17.8. The smallest absolute Gasteiger partial charge is 0.306 e. The Balaban J connectivity index is 2.68. The zero-order valence-electron chi connectivity index (χ0n) is 20.9. The van der Waals surface area contributed by atoms with Crippen molar-refractivity contribution in [3.63, 3.8) is 0 Å². The number of aliphatic hydroxyl groups excluding tert-OH is 1. The number of rotatable bonds is 22. The van der Waals surface area contributed by atoms with Crippen LogP contribution in [-0.4, -0.2) is 90.9 Å². The minimum absolute atomic E-state index is 0.0108. The Morgan fingerprint density at radius 3 is 1.86 bits per heavy atom. The van der Waals surface area contributed by atoms with E-state index < -0.39 is 29.4 Å². The van der Waals surface area contributed by atoms with E-state index in [9.17, 15) is 19.2 Å². The van der Waals surface area contributed by atoms with E-state index in [1.54, 1.807) is 0 Å². The number of aliphatic carboxylic acids is 2. The van der Waals surface area contributed by atoms with Crippen LogP contribution in [0.3, 0.4) is 0 Å². The summed E-state index contributed by atoms with van der Waals surface area (Å²) in [5.41, 5.74) is -0.387. The molecule has 208 valence electrons. The van der Waals surface area contributed by atoms with E-state index in [4.69, 9.17) is 34.3 Å². The lowest BCUT2D eigenvalue weighted by Gasteiger charge is -2.34. The lowest BCUT2D eigenvalue weighted by atomic mass is 10.0. The highest BCUT2D eigenvalue weighted by Gasteiger charge is 2.33. The normalized spacial score (nSPS) is 11.2. The summed E-state index contributed by atoms with van der Waals surface area (Å²) in [5.74, 6) is -2.97. The topological polar surface area (TPSA) is 178 Å². The molecule has 1 rings (SSSR count). The third kappa shape index (κ3) is 16.3. The quantitative estimate of drug-likeness (QED) is 0.125. The fourth-order valence-electron chi connectivity index (χ4n) is 3.08. The van der Waals surface area contributed by atoms with Crippen molar-refractivity contribution in [1.82, 2.24) is 5.32 Å². The maximum atomic E-state index is 12.7. The van der Waals surface area contributed by atoms with E-state index in [0.717, 1.165) is 5.56 Å². The van der Waals surface area contributed by atoms with Crippen molar-refractivity contribution >= 4 is 23.8 Å². The Hall–Kier alpha value is -3.06. The summed E-state index contributed by atoms with van der Waals surface area (Å²) in [6, 6.07) is 9.20. The standard InChI is InChI=1S/C25H37NO11/c27-12-5-13-34-17-25(18-35-14-10-22(29)30,19-36-15-11-23(31)32)26-21(28)8-4-9-24(33)37-16-20-6-2-1-3-7-20/h1-3,6-7,27H,4-5,8-19H2,(H,26,28)(H,29,30)(H,31,32). The van der Waals surface area contributed by atoms with Crippen LogP contribution in [0.4, 0.5) is 0 Å². The molecule has 0 aliphatic heterocycles. The fraction of sp³-hybridized carbons (Fsp3) is 0.600. The molecule has 1 aromatic rings. The van der Waals surface area contributed by atoms with E-state index in [2.05, 4.69) is 5.32 Å². The molecule has 0 bridgehead atoms. The van der Waals surface area contributed by atoms with E-state index in [1.807, 2.05) is 30.3 Å². The summed E-state index contributed by atoms with van der Waals surface area (Å²) in [5, 5.41) is 29.5. The van der Waals surface area contributed by atoms with Gasteiger partial charge in [-0.15, -0.1) is 0 Å². The molecule has 0 aromatic heterocycles. The summed E-state index contributed by atoms with van der Waals surface area (Å²) >= 11 is 0. The van der Waals surface area contributed by atoms with Gasteiger partial charge in [0.05, 0.1) is 45.9 Å². The van der Waals surface area contributed by atoms with Crippen LogP contribution in [0.5, 0.6) is 0 Å². The van der Waals surface area contributed by atoms with Gasteiger partial charge >= 0.3 is 17.9 Å². The average Bonchev–Trinajstić information content (AvgIpc) is 2.86. The first-order valence-corrected chi connectivity index (χ1v) is 12.0. The molecular formula is C25H37NO11. The third-order valence-electron chi connectivity index (χ3n) is 4.93. The number of carbonyl (C=O) groups is 4. The van der Waals surface area contributed by atoms with Crippen LogP contribution in [0.15, 0.2) is 30.3 Å². The molecule has 12 heteroatoms. The third-order valence-corrected chi connectivity index (χ3v) is 4.93. The van der Waals surface area contributed by atoms with Gasteiger partial charge in [-0.25, -0.2) is 0 Å². The number of aliphatic hydroxyl groups is 1. The molecule has 0 aliphatic carbocycles. The summed E-state index contributed by atoms with van der Waals surface area (Å²) < 4.78 is 21.7. The molecular weight excluding hydrogens is 490 g/mol. The van der Waals surface area contributed by atoms with Gasteiger partial charge in [0.15, 0.2) is 0 Å². The lowest BCUT2D eigenvalue weighted by Crippen LogP contribution is -2.58. The Kier molecular flexibility index (Phi) is 16.5. The van der Waals surface area contributed by atoms with Crippen LogP contribution in [0.1, 0.15) is 44.1 Å². The average molecular weight is 528 g/mol. The SMILES string of the molecule is O=C(O)CCOCC(COCCCO)(COCCC(=O)O)NC(=O)CCCC(=O)OCc1ccccc1. The summed E-state index contributed by atoms with van der Waals surface area (Å²) in [4.78, 5) is 46.4. The lowest BCUT2D eigenvalue weighted by molar-refractivity contribution is -0.145. The van der Waals surface area contributed by atoms with Crippen LogP contribution in [0, 0.1) is 0 Å². The molecule has 0 fully saturated rings. The maximum Gasteiger partial charge on any atom is 0.306 e. The fourth-order valence-corrected chi connectivity index (χ4v) is 3.08. The second-order valence-corrected chi connectivity index (χ2v) is 8.35. The van der Waals surface area contributed by atoms with Gasteiger partial charge in [-0.1, -0.05) is 30.3 Å². The highest BCUT2D eigenvalue weighted by Crippen LogP contribution is 2.12. The zero-order chi connectivity index (χ0) is 27.4. The highest BCUT2D eigenvalue weighted by molar-refractivity contribution is 5.78. The summed E-state index contributed by atoms with van der Waals surface area (Å²) in [6.07, 6.45) is 0.101. The van der Waals surface area contributed by atoms with Crippen LogP contribution in [-0.2, 0) is 44.7 Å². The number of carboxylic acids is 2. The van der Waals surface area contributed by atoms with Crippen LogP contribution in [0.2, 0.25) is 0 Å². The predicted molar refractivity (Wildman–Crippen MR) is 130 cm³/mol. The van der Waals surface area contributed by atoms with Gasteiger partial charge in [-0.05, 0) is 18.4 Å². The van der Waals surface area contributed by atoms with E-state index in [-0.39, 0.29) is 85.0 Å². The van der Waals surface area contributed by atoms with Gasteiger partial charge < -0.3 is 39.6 Å². The molecule has 1 aromatic carbocycles. The van der Waals surface area contributed by atoms with Crippen molar-refractivity contribution in [3.05, 3.63) is 35.9 Å². The summed E-state index contributed by atoms with van der Waals surface area (Å²) in [6.45, 7) is -0.401. The summed E-state index contributed by atoms with van der Waals surface area (Å²) in [7, 11) is 0. The van der Waals surface area contributed by atoms with Crippen molar-refractivity contribution in [2.45, 2.75) is 50.7 Å². The number of ether oxygens (including phenoxy) is 4. The monoisotopic (exact) mass is 527 g/mol. The van der Waals surface area contributed by atoms with E-state index >= 15 is 0 Å². The van der Waals surface area contributed by atoms with Crippen LogP contribution < -0.4 is 5.32 Å². The molecule has 0 unspecified atom stereocenters. The molecule has 1 amide bonds. The van der Waals surface area contributed by atoms with Gasteiger partial charge in [0, 0.05) is 26.1 Å². The molecule has 0 heterocycles. The minimum Gasteiger partial charge on any atom is -0.481 e. The molecule has 0 atom stereocenters. The van der Waals surface area contributed by atoms with Crippen molar-refractivity contribution < 1.29 is 53.4 Å². The number of esters is 1. The minimum atomic E-state index is -1.24. The maximum absolute atomic E-state index is 12.7. The number of hydrogen-bond donors (Lipinski definition) is 4. The number of hydrogen-bond acceptors (Lipinski definition) is 9. The molecule has 4 N–H and O–H groups in total. The molecule has 0 aliphatic rings. The Morgan fingerprint density at radius 1 is 0.757 bits per heavy atom. The number of carboxylic acid groups (broad SMARTS) is 2. The van der Waals surface area contributed by atoms with Crippen molar-refractivity contribution in [1.29, 1.82) is 0 Å². The Morgan fingerprint density at radius 2 is 1.32 bits per heavy atom. The zero-order valence-corrected chi connectivity index (χ0v) is 20.9. The van der Waals surface area contributed by atoms with Crippen LogP contribution >= 0.6 is 0 Å². The largest absolute Gasteiger partial charge is 0.481 e. The molecule has 12 nitrogen and oxygen atoms in total. The first kappa shape index (κ1) is 32.0. The number of nitrogens with one attached hydrogen (secondary N) is 1. The van der Waals surface area contributed by atoms with Crippen LogP contribution in [0.25, 0.3) is 0 Å². The predicted octanol–water partition coefficient (Wildman–Crippen LogP) is 1.14. The number of carbonyl (C=O) groups excluding carboxylic acids is 2. The number of benzene rings is 1. The second-order valence-electron chi connectivity index (χ2n) is 8.35. The Labute approximate surface area is 215 Å².